The highest BCUT2D eigenvalue weighted by Crippen LogP contribution is 2.17. The molecule has 0 saturated carbocycles. The predicted molar refractivity (Wildman–Crippen MR) is 61.0 cm³/mol. The number of nitrogen functional groups attached to an aromatic ring is 1. The van der Waals surface area contributed by atoms with Crippen molar-refractivity contribution >= 4 is 11.5 Å². The number of rotatable bonds is 1. The highest BCUT2D eigenvalue weighted by atomic mass is 16.5. The fraction of sp³-hybridized carbons (Fsp3) is 0.545. The Morgan fingerprint density at radius 2 is 2.20 bits per heavy atom. The second-order valence-electron chi connectivity index (χ2n) is 3.80. The maximum Gasteiger partial charge on any atom is 0.129 e. The van der Waals surface area contributed by atoms with E-state index in [1.807, 2.05) is 19.1 Å². The van der Waals surface area contributed by atoms with E-state index in [4.69, 9.17) is 10.5 Å². The van der Waals surface area contributed by atoms with E-state index in [0.29, 0.717) is 0 Å². The molecule has 0 amide bonds. The molecule has 1 saturated heterocycles. The Labute approximate surface area is 90.0 Å². The van der Waals surface area contributed by atoms with E-state index in [2.05, 4.69) is 9.88 Å². The van der Waals surface area contributed by atoms with Crippen molar-refractivity contribution in [3.8, 4) is 0 Å². The minimum Gasteiger partial charge on any atom is -0.397 e. The van der Waals surface area contributed by atoms with E-state index in [1.54, 1.807) is 0 Å². The predicted octanol–water partition coefficient (Wildman–Crippen LogP) is 1.20. The van der Waals surface area contributed by atoms with Gasteiger partial charge in [0.25, 0.3) is 0 Å². The zero-order valence-corrected chi connectivity index (χ0v) is 9.07. The summed E-state index contributed by atoms with van der Waals surface area (Å²) in [5.74, 6) is 1.01. The molecule has 0 aromatic carbocycles. The molecule has 82 valence electrons. The van der Waals surface area contributed by atoms with Gasteiger partial charge in [-0.3, -0.25) is 0 Å². The molecule has 15 heavy (non-hydrogen) atoms. The highest BCUT2D eigenvalue weighted by molar-refractivity contribution is 5.50. The lowest BCUT2D eigenvalue weighted by Gasteiger charge is -2.21. The van der Waals surface area contributed by atoms with Gasteiger partial charge in [0.1, 0.15) is 5.82 Å². The summed E-state index contributed by atoms with van der Waals surface area (Å²) in [6.45, 7) is 5.50. The van der Waals surface area contributed by atoms with Gasteiger partial charge in [-0.1, -0.05) is 0 Å². The number of hydrogen-bond acceptors (Lipinski definition) is 4. The van der Waals surface area contributed by atoms with Crippen LogP contribution in [0.1, 0.15) is 12.1 Å². The van der Waals surface area contributed by atoms with Gasteiger partial charge >= 0.3 is 0 Å². The van der Waals surface area contributed by atoms with E-state index in [0.717, 1.165) is 49.9 Å². The van der Waals surface area contributed by atoms with Crippen molar-refractivity contribution in [2.75, 3.05) is 36.9 Å². The van der Waals surface area contributed by atoms with Crippen molar-refractivity contribution in [1.29, 1.82) is 0 Å². The van der Waals surface area contributed by atoms with Crippen LogP contribution in [0, 0.1) is 6.92 Å². The first-order valence-corrected chi connectivity index (χ1v) is 5.33. The second-order valence-corrected chi connectivity index (χ2v) is 3.80. The number of nitrogens with two attached hydrogens (primary N) is 1. The van der Waals surface area contributed by atoms with Crippen LogP contribution < -0.4 is 10.6 Å². The largest absolute Gasteiger partial charge is 0.397 e. The van der Waals surface area contributed by atoms with Crippen LogP contribution in [0.25, 0.3) is 0 Å². The zero-order chi connectivity index (χ0) is 10.7. The molecular formula is C11H17N3O. The van der Waals surface area contributed by atoms with E-state index < -0.39 is 0 Å². The smallest absolute Gasteiger partial charge is 0.129 e. The summed E-state index contributed by atoms with van der Waals surface area (Å²) in [6.07, 6.45) is 1.06. The summed E-state index contributed by atoms with van der Waals surface area (Å²) in [5, 5.41) is 0. The van der Waals surface area contributed by atoms with Crippen LogP contribution in [-0.4, -0.2) is 31.3 Å². The molecule has 2 heterocycles. The molecule has 1 aliphatic rings. The molecule has 4 heteroatoms. The molecule has 0 spiro atoms. The minimum atomic E-state index is 0.754. The van der Waals surface area contributed by atoms with Gasteiger partial charge in [0.05, 0.1) is 18.0 Å². The topological polar surface area (TPSA) is 51.4 Å². The Balaban J connectivity index is 2.16. The Hall–Kier alpha value is -1.29. The number of nitrogens with zero attached hydrogens (tertiary/aromatic N) is 2. The monoisotopic (exact) mass is 207 g/mol. The van der Waals surface area contributed by atoms with Crippen molar-refractivity contribution in [1.82, 2.24) is 4.98 Å². The van der Waals surface area contributed by atoms with Gasteiger partial charge in [-0.15, -0.1) is 0 Å². The van der Waals surface area contributed by atoms with E-state index in [9.17, 15) is 0 Å². The maximum absolute atomic E-state index is 5.74. The first-order valence-electron chi connectivity index (χ1n) is 5.33. The van der Waals surface area contributed by atoms with E-state index in [-0.39, 0.29) is 0 Å². The van der Waals surface area contributed by atoms with Crippen molar-refractivity contribution in [2.24, 2.45) is 0 Å². The van der Waals surface area contributed by atoms with Crippen LogP contribution in [0.4, 0.5) is 11.5 Å². The summed E-state index contributed by atoms with van der Waals surface area (Å²) in [5.41, 5.74) is 7.40. The number of pyridine rings is 1. The molecule has 0 atom stereocenters. The molecule has 1 aliphatic heterocycles. The Bertz CT molecular complexity index is 333. The summed E-state index contributed by atoms with van der Waals surface area (Å²) >= 11 is 0. The highest BCUT2D eigenvalue weighted by Gasteiger charge is 2.11. The standard InChI is InChI=1S/C11H17N3O/c1-9-10(12)3-4-11(13-9)14-5-2-7-15-8-6-14/h3-4H,2,5-8,12H2,1H3. The van der Waals surface area contributed by atoms with Crippen LogP contribution in [0.5, 0.6) is 0 Å². The van der Waals surface area contributed by atoms with Gasteiger partial charge in [0, 0.05) is 19.7 Å². The lowest BCUT2D eigenvalue weighted by molar-refractivity contribution is 0.152. The number of aryl methyl sites for hydroxylation is 1. The van der Waals surface area contributed by atoms with Crippen molar-refractivity contribution in [3.05, 3.63) is 17.8 Å². The summed E-state index contributed by atoms with van der Waals surface area (Å²) < 4.78 is 5.41. The molecule has 1 aromatic rings. The van der Waals surface area contributed by atoms with Gasteiger partial charge in [0.15, 0.2) is 0 Å². The minimum absolute atomic E-state index is 0.754. The molecule has 1 fully saturated rings. The zero-order valence-electron chi connectivity index (χ0n) is 9.07. The number of ether oxygens (including phenoxy) is 1. The van der Waals surface area contributed by atoms with Crippen LogP contribution in [0.15, 0.2) is 12.1 Å². The Morgan fingerprint density at radius 1 is 1.33 bits per heavy atom. The van der Waals surface area contributed by atoms with Gasteiger partial charge in [-0.25, -0.2) is 4.98 Å². The Morgan fingerprint density at radius 3 is 3.00 bits per heavy atom. The van der Waals surface area contributed by atoms with E-state index in [1.165, 1.54) is 0 Å². The van der Waals surface area contributed by atoms with Crippen LogP contribution in [0.3, 0.4) is 0 Å². The molecule has 1 aromatic heterocycles. The summed E-state index contributed by atoms with van der Waals surface area (Å²) in [4.78, 5) is 6.73. The molecule has 0 unspecified atom stereocenters. The molecule has 0 radical (unpaired) electrons. The molecular weight excluding hydrogens is 190 g/mol. The lowest BCUT2D eigenvalue weighted by Crippen LogP contribution is -2.26. The van der Waals surface area contributed by atoms with Gasteiger partial charge in [-0.05, 0) is 25.5 Å². The summed E-state index contributed by atoms with van der Waals surface area (Å²) in [6, 6.07) is 3.90. The fourth-order valence-corrected chi connectivity index (χ4v) is 1.71. The third kappa shape index (κ3) is 2.39. The first kappa shape index (κ1) is 10.2. The Kier molecular flexibility index (Phi) is 3.06. The van der Waals surface area contributed by atoms with Crippen LogP contribution >= 0.6 is 0 Å². The molecule has 2 N–H and O–H groups in total. The van der Waals surface area contributed by atoms with Crippen LogP contribution in [0.2, 0.25) is 0 Å². The molecule has 2 rings (SSSR count). The van der Waals surface area contributed by atoms with E-state index >= 15 is 0 Å². The maximum atomic E-state index is 5.74. The average molecular weight is 207 g/mol. The quantitative estimate of drug-likeness (QED) is 0.751. The number of hydrogen-bond donors (Lipinski definition) is 1. The van der Waals surface area contributed by atoms with Crippen LogP contribution in [-0.2, 0) is 4.74 Å². The third-order valence-corrected chi connectivity index (χ3v) is 2.66. The van der Waals surface area contributed by atoms with Crippen molar-refractivity contribution < 1.29 is 4.74 Å². The van der Waals surface area contributed by atoms with Gasteiger partial charge in [0.2, 0.25) is 0 Å². The van der Waals surface area contributed by atoms with Gasteiger partial charge < -0.3 is 15.4 Å². The molecule has 0 aliphatic carbocycles. The first-order chi connectivity index (χ1) is 7.27. The lowest BCUT2D eigenvalue weighted by atomic mass is 10.3. The fourth-order valence-electron chi connectivity index (χ4n) is 1.71. The number of anilines is 2. The average Bonchev–Trinajstić information content (AvgIpc) is 2.50. The second kappa shape index (κ2) is 4.49. The van der Waals surface area contributed by atoms with Gasteiger partial charge in [-0.2, -0.15) is 0 Å². The molecule has 4 nitrogen and oxygen atoms in total. The SMILES string of the molecule is Cc1nc(N2CCCOCC2)ccc1N. The van der Waals surface area contributed by atoms with Crippen molar-refractivity contribution in [3.63, 3.8) is 0 Å². The molecule has 0 bridgehead atoms. The third-order valence-electron chi connectivity index (χ3n) is 2.66. The van der Waals surface area contributed by atoms with Crippen molar-refractivity contribution in [2.45, 2.75) is 13.3 Å². The number of aromatic nitrogens is 1. The normalized spacial score (nSPS) is 17.5. The summed E-state index contributed by atoms with van der Waals surface area (Å²) in [7, 11) is 0.